The van der Waals surface area contributed by atoms with Crippen LogP contribution in [0.4, 0.5) is 4.39 Å². The molecule has 0 saturated heterocycles. The van der Waals surface area contributed by atoms with Crippen LogP contribution in [0, 0.1) is 19.7 Å². The number of hydrogen-bond acceptors (Lipinski definition) is 6. The van der Waals surface area contributed by atoms with Crippen LogP contribution in [0.3, 0.4) is 0 Å². The van der Waals surface area contributed by atoms with E-state index in [0.717, 1.165) is 28.6 Å². The Bertz CT molecular complexity index is 874. The van der Waals surface area contributed by atoms with E-state index >= 15 is 0 Å². The summed E-state index contributed by atoms with van der Waals surface area (Å²) in [5.74, 6) is 1.50. The molecule has 3 aromatic rings. The van der Waals surface area contributed by atoms with Crippen LogP contribution in [0.2, 0.25) is 0 Å². The van der Waals surface area contributed by atoms with Gasteiger partial charge in [-0.1, -0.05) is 23.9 Å². The van der Waals surface area contributed by atoms with E-state index in [0.29, 0.717) is 23.4 Å². The molecule has 3 rings (SSSR count). The lowest BCUT2D eigenvalue weighted by Crippen LogP contribution is -2.24. The van der Waals surface area contributed by atoms with E-state index in [4.69, 9.17) is 8.83 Å². The highest BCUT2D eigenvalue weighted by Crippen LogP contribution is 2.27. The quantitative estimate of drug-likeness (QED) is 0.677. The highest BCUT2D eigenvalue weighted by atomic mass is 32.2. The zero-order chi connectivity index (χ0) is 17.8. The lowest BCUT2D eigenvalue weighted by molar-refractivity contribution is -0.118. The number of halogens is 1. The van der Waals surface area contributed by atoms with Crippen molar-refractivity contribution in [3.05, 3.63) is 53.2 Å². The molecule has 8 heteroatoms. The predicted octanol–water partition coefficient (Wildman–Crippen LogP) is 3.49. The van der Waals surface area contributed by atoms with Gasteiger partial charge in [-0.3, -0.25) is 4.79 Å². The molecule has 0 aliphatic heterocycles. The van der Waals surface area contributed by atoms with Crippen LogP contribution in [-0.2, 0) is 11.3 Å². The first-order valence-corrected chi connectivity index (χ1v) is 8.54. The Morgan fingerprint density at radius 3 is 2.64 bits per heavy atom. The van der Waals surface area contributed by atoms with E-state index in [1.807, 2.05) is 19.9 Å². The predicted molar refractivity (Wildman–Crippen MR) is 90.4 cm³/mol. The second-order valence-electron chi connectivity index (χ2n) is 5.39. The number of rotatable bonds is 6. The minimum Gasteiger partial charge on any atom is -0.466 e. The van der Waals surface area contributed by atoms with Gasteiger partial charge in [0.25, 0.3) is 11.1 Å². The number of nitrogens with zero attached hydrogens (tertiary/aromatic N) is 2. The average Bonchev–Trinajstić information content (AvgIpc) is 3.18. The van der Waals surface area contributed by atoms with Gasteiger partial charge < -0.3 is 14.2 Å². The van der Waals surface area contributed by atoms with Gasteiger partial charge in [0.2, 0.25) is 5.91 Å². The molecule has 0 unspecified atom stereocenters. The van der Waals surface area contributed by atoms with Gasteiger partial charge in [0, 0.05) is 6.54 Å². The van der Waals surface area contributed by atoms with E-state index in [1.165, 1.54) is 12.1 Å². The van der Waals surface area contributed by atoms with Crippen molar-refractivity contribution < 1.29 is 18.0 Å². The largest absolute Gasteiger partial charge is 0.466 e. The molecule has 0 aliphatic carbocycles. The summed E-state index contributed by atoms with van der Waals surface area (Å²) in [5.41, 5.74) is 1.57. The number of thioether (sulfide) groups is 1. The summed E-state index contributed by atoms with van der Waals surface area (Å²) in [6, 6.07) is 7.79. The van der Waals surface area contributed by atoms with Crippen LogP contribution in [-0.4, -0.2) is 21.9 Å². The smallest absolute Gasteiger partial charge is 0.277 e. The Morgan fingerprint density at radius 2 is 1.96 bits per heavy atom. The van der Waals surface area contributed by atoms with E-state index in [9.17, 15) is 9.18 Å². The van der Waals surface area contributed by atoms with Crippen molar-refractivity contribution >= 4 is 17.7 Å². The van der Waals surface area contributed by atoms with Crippen molar-refractivity contribution in [2.75, 3.05) is 5.75 Å². The maximum absolute atomic E-state index is 12.8. The maximum Gasteiger partial charge on any atom is 0.277 e. The monoisotopic (exact) mass is 361 g/mol. The van der Waals surface area contributed by atoms with Crippen molar-refractivity contribution in [2.45, 2.75) is 25.6 Å². The minimum atomic E-state index is -0.305. The Kier molecular flexibility index (Phi) is 5.18. The zero-order valence-corrected chi connectivity index (χ0v) is 14.5. The lowest BCUT2D eigenvalue weighted by atomic mass is 10.2. The van der Waals surface area contributed by atoms with Gasteiger partial charge in [-0.05, 0) is 37.6 Å². The van der Waals surface area contributed by atoms with E-state index in [1.54, 1.807) is 12.1 Å². The number of hydrogen-bond donors (Lipinski definition) is 1. The summed E-state index contributed by atoms with van der Waals surface area (Å²) in [4.78, 5) is 11.9. The highest BCUT2D eigenvalue weighted by Gasteiger charge is 2.15. The van der Waals surface area contributed by atoms with Crippen LogP contribution < -0.4 is 5.32 Å². The number of carbonyl (C=O) groups excluding carboxylic acids is 1. The fourth-order valence-corrected chi connectivity index (χ4v) is 2.79. The van der Waals surface area contributed by atoms with Gasteiger partial charge in [-0.2, -0.15) is 0 Å². The number of amides is 1. The van der Waals surface area contributed by atoms with Crippen LogP contribution in [0.25, 0.3) is 11.5 Å². The molecule has 0 spiro atoms. The molecular weight excluding hydrogens is 345 g/mol. The Hall–Kier alpha value is -2.61. The van der Waals surface area contributed by atoms with Gasteiger partial charge in [0.1, 0.15) is 17.3 Å². The first kappa shape index (κ1) is 17.2. The number of aryl methyl sites for hydroxylation is 2. The van der Waals surface area contributed by atoms with Gasteiger partial charge in [0.05, 0.1) is 11.3 Å². The molecular formula is C17H16FN3O3S. The SMILES string of the molecule is Cc1cc(-c2nnc(SCC(=O)NCc3ccc(F)cc3)o2)c(C)o1. The van der Waals surface area contributed by atoms with Crippen LogP contribution in [0.15, 0.2) is 44.4 Å². The number of aromatic nitrogens is 2. The van der Waals surface area contributed by atoms with Crippen LogP contribution in [0.5, 0.6) is 0 Å². The topological polar surface area (TPSA) is 81.2 Å². The maximum atomic E-state index is 12.8. The number of carbonyl (C=O) groups is 1. The van der Waals surface area contributed by atoms with E-state index in [-0.39, 0.29) is 17.5 Å². The normalized spacial score (nSPS) is 10.8. The van der Waals surface area contributed by atoms with Gasteiger partial charge in [-0.25, -0.2) is 4.39 Å². The molecule has 130 valence electrons. The second-order valence-corrected chi connectivity index (χ2v) is 6.32. The Balaban J connectivity index is 1.51. The summed E-state index contributed by atoms with van der Waals surface area (Å²) >= 11 is 1.15. The molecule has 6 nitrogen and oxygen atoms in total. The molecule has 1 N–H and O–H groups in total. The molecule has 0 atom stereocenters. The Labute approximate surface area is 147 Å². The van der Waals surface area contributed by atoms with Crippen molar-refractivity contribution in [3.8, 4) is 11.5 Å². The molecule has 0 radical (unpaired) electrons. The van der Waals surface area contributed by atoms with Gasteiger partial charge in [0.15, 0.2) is 0 Å². The first-order valence-electron chi connectivity index (χ1n) is 7.56. The first-order chi connectivity index (χ1) is 12.0. The fraction of sp³-hybridized carbons (Fsp3) is 0.235. The minimum absolute atomic E-state index is 0.145. The van der Waals surface area contributed by atoms with Crippen molar-refractivity contribution in [1.29, 1.82) is 0 Å². The summed E-state index contributed by atoms with van der Waals surface area (Å²) in [6.07, 6.45) is 0. The third-order valence-corrected chi connectivity index (χ3v) is 4.23. The Morgan fingerprint density at radius 1 is 1.20 bits per heavy atom. The molecule has 1 aromatic carbocycles. The molecule has 0 aliphatic rings. The number of nitrogens with one attached hydrogen (secondary N) is 1. The summed E-state index contributed by atoms with van der Waals surface area (Å²) in [6.45, 7) is 4.00. The van der Waals surface area contributed by atoms with Crippen molar-refractivity contribution in [2.24, 2.45) is 0 Å². The molecule has 0 saturated carbocycles. The van der Waals surface area contributed by atoms with Crippen molar-refractivity contribution in [1.82, 2.24) is 15.5 Å². The molecule has 2 heterocycles. The molecule has 1 amide bonds. The van der Waals surface area contributed by atoms with Crippen LogP contribution >= 0.6 is 11.8 Å². The molecule has 0 bridgehead atoms. The van der Waals surface area contributed by atoms with Gasteiger partial charge in [-0.15, -0.1) is 10.2 Å². The summed E-state index contributed by atoms with van der Waals surface area (Å²) < 4.78 is 23.8. The lowest BCUT2D eigenvalue weighted by Gasteiger charge is -2.04. The third-order valence-electron chi connectivity index (χ3n) is 3.41. The van der Waals surface area contributed by atoms with Gasteiger partial charge >= 0.3 is 0 Å². The highest BCUT2D eigenvalue weighted by molar-refractivity contribution is 7.99. The summed E-state index contributed by atoms with van der Waals surface area (Å²) in [7, 11) is 0. The molecule has 0 fully saturated rings. The molecule has 25 heavy (non-hydrogen) atoms. The molecule has 2 aromatic heterocycles. The fourth-order valence-electron chi connectivity index (χ4n) is 2.20. The standard InChI is InChI=1S/C17H16FN3O3S/c1-10-7-14(11(2)23-10)16-20-21-17(24-16)25-9-15(22)19-8-12-3-5-13(18)6-4-12/h3-7H,8-9H2,1-2H3,(H,19,22). The van der Waals surface area contributed by atoms with E-state index < -0.39 is 0 Å². The van der Waals surface area contributed by atoms with Crippen LogP contribution in [0.1, 0.15) is 17.1 Å². The third kappa shape index (κ3) is 4.48. The zero-order valence-electron chi connectivity index (χ0n) is 13.7. The second kappa shape index (κ2) is 7.52. The number of benzene rings is 1. The average molecular weight is 361 g/mol. The number of furan rings is 1. The summed E-state index contributed by atoms with van der Waals surface area (Å²) in [5, 5.41) is 11.0. The van der Waals surface area contributed by atoms with Crippen molar-refractivity contribution in [3.63, 3.8) is 0 Å². The van der Waals surface area contributed by atoms with E-state index in [2.05, 4.69) is 15.5 Å².